The van der Waals surface area contributed by atoms with Gasteiger partial charge in [0, 0.05) is 48.7 Å². The Morgan fingerprint density at radius 2 is 1.63 bits per heavy atom. The van der Waals surface area contributed by atoms with Crippen molar-refractivity contribution in [3.63, 3.8) is 0 Å². The topological polar surface area (TPSA) is 73.0 Å². The summed E-state index contributed by atoms with van der Waals surface area (Å²) in [6, 6.07) is 12.0. The first-order chi connectivity index (χ1) is 13.1. The van der Waals surface area contributed by atoms with Gasteiger partial charge in [-0.25, -0.2) is 0 Å². The number of nitrogens with zero attached hydrogens (tertiary/aromatic N) is 1. The van der Waals surface area contributed by atoms with Crippen molar-refractivity contribution in [2.75, 3.05) is 6.54 Å². The SMILES string of the molecule is O=C(C1=NC[C@@H](c2c[nH]c3cc(Br)ccc23)N1)c1c[nH]c2cc(Br)ccc12. The lowest BCUT2D eigenvalue weighted by Crippen LogP contribution is -2.29. The molecule has 0 fully saturated rings. The van der Waals surface area contributed by atoms with Crippen LogP contribution in [0.3, 0.4) is 0 Å². The summed E-state index contributed by atoms with van der Waals surface area (Å²) in [5.41, 5.74) is 3.73. The van der Waals surface area contributed by atoms with E-state index >= 15 is 0 Å². The molecule has 4 aromatic rings. The molecular weight excluding hydrogens is 472 g/mol. The largest absolute Gasteiger partial charge is 0.361 e. The van der Waals surface area contributed by atoms with Gasteiger partial charge in [0.15, 0.2) is 5.84 Å². The Bertz CT molecular complexity index is 1240. The zero-order valence-electron chi connectivity index (χ0n) is 14.0. The molecule has 0 unspecified atom stereocenters. The van der Waals surface area contributed by atoms with Crippen molar-refractivity contribution in [3.05, 3.63) is 68.9 Å². The predicted molar refractivity (Wildman–Crippen MR) is 115 cm³/mol. The molecule has 3 heterocycles. The van der Waals surface area contributed by atoms with E-state index in [0.29, 0.717) is 17.9 Å². The summed E-state index contributed by atoms with van der Waals surface area (Å²) in [5.74, 6) is 0.323. The smallest absolute Gasteiger partial charge is 0.229 e. The van der Waals surface area contributed by atoms with E-state index in [1.54, 1.807) is 6.20 Å². The number of carbonyl (C=O) groups excluding carboxylic acids is 1. The highest BCUT2D eigenvalue weighted by molar-refractivity contribution is 9.10. The summed E-state index contributed by atoms with van der Waals surface area (Å²) in [7, 11) is 0. The van der Waals surface area contributed by atoms with Crippen molar-refractivity contribution < 1.29 is 4.79 Å². The first-order valence-electron chi connectivity index (χ1n) is 8.49. The summed E-state index contributed by atoms with van der Waals surface area (Å²) in [5, 5.41) is 5.34. The van der Waals surface area contributed by atoms with Crippen LogP contribution in [0, 0.1) is 0 Å². The Morgan fingerprint density at radius 1 is 0.963 bits per heavy atom. The lowest BCUT2D eigenvalue weighted by atomic mass is 10.1. The van der Waals surface area contributed by atoms with E-state index in [4.69, 9.17) is 0 Å². The Hall–Kier alpha value is -2.38. The number of aliphatic imine (C=N–C) groups is 1. The maximum Gasteiger partial charge on any atom is 0.229 e. The number of hydrogen-bond acceptors (Lipinski definition) is 3. The van der Waals surface area contributed by atoms with Crippen LogP contribution < -0.4 is 5.32 Å². The molecule has 0 spiro atoms. The van der Waals surface area contributed by atoms with E-state index in [1.165, 1.54) is 0 Å². The molecule has 7 heteroatoms. The summed E-state index contributed by atoms with van der Waals surface area (Å²) in [6.45, 7) is 0.540. The highest BCUT2D eigenvalue weighted by Gasteiger charge is 2.27. The average Bonchev–Trinajstić information content (AvgIpc) is 3.37. The third kappa shape index (κ3) is 2.82. The molecule has 27 heavy (non-hydrogen) atoms. The zero-order chi connectivity index (χ0) is 18.5. The molecular formula is C20H14Br2N4O. The molecule has 2 aromatic heterocycles. The van der Waals surface area contributed by atoms with Gasteiger partial charge in [-0.05, 0) is 24.3 Å². The standard InChI is InChI=1S/C20H14Br2N4O/c21-10-1-3-12-14(7-23-16(12)5-10)18-9-25-20(26-18)19(27)15-8-24-17-6-11(22)2-4-13(15)17/h1-8,18,23-24H,9H2,(H,25,26)/t18-/m0/s1. The Balaban J connectivity index is 1.43. The molecule has 134 valence electrons. The fourth-order valence-corrected chi connectivity index (χ4v) is 4.30. The molecule has 1 aliphatic rings. The van der Waals surface area contributed by atoms with Crippen LogP contribution in [0.15, 0.2) is 62.7 Å². The first kappa shape index (κ1) is 16.8. The molecule has 5 nitrogen and oxygen atoms in total. The molecule has 0 radical (unpaired) electrons. The molecule has 0 bridgehead atoms. The van der Waals surface area contributed by atoms with Gasteiger partial charge in [-0.1, -0.05) is 44.0 Å². The van der Waals surface area contributed by atoms with Gasteiger partial charge >= 0.3 is 0 Å². The molecule has 0 aliphatic carbocycles. The third-order valence-electron chi connectivity index (χ3n) is 4.90. The van der Waals surface area contributed by atoms with E-state index in [0.717, 1.165) is 36.3 Å². The number of nitrogens with one attached hydrogen (secondary N) is 3. The minimum Gasteiger partial charge on any atom is -0.361 e. The Kier molecular flexibility index (Phi) is 3.94. The summed E-state index contributed by atoms with van der Waals surface area (Å²) >= 11 is 6.94. The van der Waals surface area contributed by atoms with Crippen LogP contribution in [0.5, 0.6) is 0 Å². The molecule has 0 saturated carbocycles. The second kappa shape index (κ2) is 6.35. The second-order valence-electron chi connectivity index (χ2n) is 6.54. The number of carbonyl (C=O) groups is 1. The Labute approximate surface area is 171 Å². The van der Waals surface area contributed by atoms with Gasteiger partial charge in [0.2, 0.25) is 5.78 Å². The van der Waals surface area contributed by atoms with Crippen LogP contribution in [0.4, 0.5) is 0 Å². The van der Waals surface area contributed by atoms with Gasteiger partial charge in [0.1, 0.15) is 0 Å². The van der Waals surface area contributed by atoms with Crippen LogP contribution >= 0.6 is 31.9 Å². The van der Waals surface area contributed by atoms with Crippen LogP contribution in [0.25, 0.3) is 21.8 Å². The van der Waals surface area contributed by atoms with Gasteiger partial charge in [0.05, 0.1) is 18.2 Å². The second-order valence-corrected chi connectivity index (χ2v) is 8.37. The van der Waals surface area contributed by atoms with E-state index in [1.807, 2.05) is 36.5 Å². The number of aromatic amines is 2. The monoisotopic (exact) mass is 484 g/mol. The van der Waals surface area contributed by atoms with E-state index < -0.39 is 0 Å². The molecule has 0 saturated heterocycles. The number of rotatable bonds is 3. The van der Waals surface area contributed by atoms with Crippen molar-refractivity contribution in [2.45, 2.75) is 6.04 Å². The van der Waals surface area contributed by atoms with Crippen LogP contribution in [0.1, 0.15) is 22.0 Å². The predicted octanol–water partition coefficient (Wildman–Crippen LogP) is 5.10. The van der Waals surface area contributed by atoms with Gasteiger partial charge in [-0.2, -0.15) is 0 Å². The number of ketones is 1. The summed E-state index contributed by atoms with van der Waals surface area (Å²) in [4.78, 5) is 23.9. The maximum absolute atomic E-state index is 13.0. The highest BCUT2D eigenvalue weighted by atomic mass is 79.9. The van der Waals surface area contributed by atoms with Crippen molar-refractivity contribution in [3.8, 4) is 0 Å². The molecule has 3 N–H and O–H groups in total. The van der Waals surface area contributed by atoms with Gasteiger partial charge < -0.3 is 15.3 Å². The summed E-state index contributed by atoms with van der Waals surface area (Å²) in [6.07, 6.45) is 3.74. The number of fused-ring (bicyclic) bond motifs is 2. The number of benzene rings is 2. The average molecular weight is 486 g/mol. The number of aromatic nitrogens is 2. The fraction of sp³-hybridized carbons (Fsp3) is 0.100. The number of amidine groups is 1. The molecule has 2 aromatic carbocycles. The maximum atomic E-state index is 13.0. The van der Waals surface area contributed by atoms with E-state index in [9.17, 15) is 4.79 Å². The molecule has 5 rings (SSSR count). The number of Topliss-reactive ketones (excluding diaryl/α,β-unsaturated/α-hetero) is 1. The van der Waals surface area contributed by atoms with Gasteiger partial charge in [-0.3, -0.25) is 9.79 Å². The number of halogens is 2. The Morgan fingerprint density at radius 3 is 2.41 bits per heavy atom. The van der Waals surface area contributed by atoms with Crippen molar-refractivity contribution >= 4 is 65.3 Å². The minimum absolute atomic E-state index is 0.0155. The van der Waals surface area contributed by atoms with Crippen LogP contribution in [0.2, 0.25) is 0 Å². The third-order valence-corrected chi connectivity index (χ3v) is 5.88. The van der Waals surface area contributed by atoms with Crippen molar-refractivity contribution in [1.29, 1.82) is 0 Å². The normalized spacial score (nSPS) is 16.7. The lowest BCUT2D eigenvalue weighted by molar-refractivity contribution is 0.106. The lowest BCUT2D eigenvalue weighted by Gasteiger charge is -2.10. The number of H-pyrrole nitrogens is 2. The highest BCUT2D eigenvalue weighted by Crippen LogP contribution is 2.29. The molecule has 1 aliphatic heterocycles. The van der Waals surface area contributed by atoms with Crippen LogP contribution in [-0.2, 0) is 0 Å². The quantitative estimate of drug-likeness (QED) is 0.353. The number of hydrogen-bond donors (Lipinski definition) is 3. The van der Waals surface area contributed by atoms with Gasteiger partial charge in [-0.15, -0.1) is 0 Å². The van der Waals surface area contributed by atoms with E-state index in [2.05, 4.69) is 58.2 Å². The minimum atomic E-state index is -0.0892. The molecule has 0 amide bonds. The summed E-state index contributed by atoms with van der Waals surface area (Å²) < 4.78 is 2.00. The van der Waals surface area contributed by atoms with Gasteiger partial charge in [0.25, 0.3) is 0 Å². The van der Waals surface area contributed by atoms with Crippen molar-refractivity contribution in [1.82, 2.24) is 15.3 Å². The zero-order valence-corrected chi connectivity index (χ0v) is 17.2. The van der Waals surface area contributed by atoms with Crippen molar-refractivity contribution in [2.24, 2.45) is 4.99 Å². The van der Waals surface area contributed by atoms with E-state index in [-0.39, 0.29) is 11.8 Å². The fourth-order valence-electron chi connectivity index (χ4n) is 3.58. The first-order valence-corrected chi connectivity index (χ1v) is 10.1. The molecule has 1 atom stereocenters. The van der Waals surface area contributed by atoms with Crippen LogP contribution in [-0.4, -0.2) is 28.1 Å².